The summed E-state index contributed by atoms with van der Waals surface area (Å²) in [5.74, 6) is 0. The average Bonchev–Trinajstić information content (AvgIpc) is 2.54. The van der Waals surface area contributed by atoms with E-state index in [2.05, 4.69) is 18.4 Å². The second-order valence-corrected chi connectivity index (χ2v) is 3.97. The van der Waals surface area contributed by atoms with Gasteiger partial charge in [0.2, 0.25) is 0 Å². The van der Waals surface area contributed by atoms with Gasteiger partial charge in [0, 0.05) is 4.70 Å². The molecule has 0 radical (unpaired) electrons. The Labute approximate surface area is 81.2 Å². The lowest BCUT2D eigenvalue weighted by atomic mass is 10.1. The summed E-state index contributed by atoms with van der Waals surface area (Å²) < 4.78 is 1.27. The monoisotopic (exact) mass is 192 g/mol. The van der Waals surface area contributed by atoms with Gasteiger partial charge >= 0.3 is 0 Å². The van der Waals surface area contributed by atoms with Crippen LogP contribution in [-0.2, 0) is 6.42 Å². The Morgan fingerprint density at radius 3 is 2.85 bits per heavy atom. The first-order valence-electron chi connectivity index (χ1n) is 4.28. The van der Waals surface area contributed by atoms with E-state index in [4.69, 9.17) is 11.5 Å². The topological polar surface area (TPSA) is 52.0 Å². The Balaban J connectivity index is 2.87. The van der Waals surface area contributed by atoms with E-state index in [9.17, 15) is 0 Å². The van der Waals surface area contributed by atoms with Crippen molar-refractivity contribution in [2.24, 2.45) is 0 Å². The van der Waals surface area contributed by atoms with E-state index in [0.29, 0.717) is 5.69 Å². The fourth-order valence-corrected chi connectivity index (χ4v) is 2.58. The van der Waals surface area contributed by atoms with Gasteiger partial charge in [0.1, 0.15) is 0 Å². The predicted molar refractivity (Wildman–Crippen MR) is 60.0 cm³/mol. The zero-order chi connectivity index (χ0) is 9.42. The lowest BCUT2D eigenvalue weighted by Crippen LogP contribution is -1.99. The normalized spacial score (nSPS) is 10.8. The van der Waals surface area contributed by atoms with Crippen molar-refractivity contribution >= 4 is 32.8 Å². The highest BCUT2D eigenvalue weighted by Gasteiger charge is 2.07. The van der Waals surface area contributed by atoms with Crippen LogP contribution in [0, 0.1) is 0 Å². The molecule has 0 fully saturated rings. The first kappa shape index (κ1) is 8.38. The van der Waals surface area contributed by atoms with Gasteiger partial charge in [-0.05, 0) is 34.9 Å². The molecule has 1 aromatic heterocycles. The van der Waals surface area contributed by atoms with Crippen LogP contribution in [0.5, 0.6) is 0 Å². The number of hydrogen-bond acceptors (Lipinski definition) is 3. The van der Waals surface area contributed by atoms with Crippen LogP contribution in [0.2, 0.25) is 0 Å². The maximum atomic E-state index is 5.90. The maximum absolute atomic E-state index is 5.90. The minimum absolute atomic E-state index is 0.697. The number of fused-ring (bicyclic) bond motifs is 1. The first-order valence-corrected chi connectivity index (χ1v) is 5.16. The molecule has 13 heavy (non-hydrogen) atoms. The molecule has 0 unspecified atom stereocenters. The summed E-state index contributed by atoms with van der Waals surface area (Å²) in [6, 6.07) is 4.02. The summed E-state index contributed by atoms with van der Waals surface area (Å²) >= 11 is 1.73. The molecule has 0 bridgehead atoms. The van der Waals surface area contributed by atoms with Crippen molar-refractivity contribution < 1.29 is 0 Å². The molecule has 0 atom stereocenters. The molecule has 1 heterocycles. The standard InChI is InChI=1S/C10H12N2S/c1-2-7-9(12)8(11)5-6-3-4-13-10(6)7/h3-5H,2,11-12H2,1H3. The third kappa shape index (κ3) is 1.16. The summed E-state index contributed by atoms with van der Waals surface area (Å²) in [5.41, 5.74) is 14.3. The minimum Gasteiger partial charge on any atom is -0.397 e. The van der Waals surface area contributed by atoms with Crippen molar-refractivity contribution in [3.63, 3.8) is 0 Å². The molecular weight excluding hydrogens is 180 g/mol. The summed E-state index contributed by atoms with van der Waals surface area (Å²) in [7, 11) is 0. The molecular formula is C10H12N2S. The average molecular weight is 192 g/mol. The fourth-order valence-electron chi connectivity index (χ4n) is 1.57. The van der Waals surface area contributed by atoms with Gasteiger partial charge in [-0.15, -0.1) is 11.3 Å². The third-order valence-corrected chi connectivity index (χ3v) is 3.26. The maximum Gasteiger partial charge on any atom is 0.0594 e. The molecule has 0 amide bonds. The molecule has 0 aliphatic heterocycles. The largest absolute Gasteiger partial charge is 0.397 e. The SMILES string of the molecule is CCc1c(N)c(N)cc2ccsc12. The molecule has 0 aliphatic rings. The van der Waals surface area contributed by atoms with Gasteiger partial charge in [-0.3, -0.25) is 0 Å². The van der Waals surface area contributed by atoms with E-state index < -0.39 is 0 Å². The number of nitrogens with two attached hydrogens (primary N) is 2. The van der Waals surface area contributed by atoms with E-state index in [1.165, 1.54) is 15.6 Å². The Hall–Kier alpha value is -1.22. The molecule has 1 aromatic carbocycles. The highest BCUT2D eigenvalue weighted by Crippen LogP contribution is 2.33. The van der Waals surface area contributed by atoms with Crippen LogP contribution in [0.1, 0.15) is 12.5 Å². The quantitative estimate of drug-likeness (QED) is 0.682. The van der Waals surface area contributed by atoms with Crippen molar-refractivity contribution in [1.29, 1.82) is 0 Å². The van der Waals surface area contributed by atoms with E-state index in [-0.39, 0.29) is 0 Å². The van der Waals surface area contributed by atoms with E-state index >= 15 is 0 Å². The molecule has 0 saturated carbocycles. The van der Waals surface area contributed by atoms with Crippen LogP contribution in [-0.4, -0.2) is 0 Å². The zero-order valence-electron chi connectivity index (χ0n) is 7.50. The lowest BCUT2D eigenvalue weighted by molar-refractivity contribution is 1.17. The Morgan fingerprint density at radius 1 is 1.38 bits per heavy atom. The zero-order valence-corrected chi connectivity index (χ0v) is 8.32. The molecule has 0 spiro atoms. The number of nitrogen functional groups attached to an aromatic ring is 2. The molecule has 2 nitrogen and oxygen atoms in total. The predicted octanol–water partition coefficient (Wildman–Crippen LogP) is 2.63. The second-order valence-electron chi connectivity index (χ2n) is 3.05. The summed E-state index contributed by atoms with van der Waals surface area (Å²) in [6.45, 7) is 2.10. The fraction of sp³-hybridized carbons (Fsp3) is 0.200. The minimum atomic E-state index is 0.697. The molecule has 68 valence electrons. The molecule has 2 rings (SSSR count). The number of hydrogen-bond donors (Lipinski definition) is 2. The van der Waals surface area contributed by atoms with Gasteiger partial charge in [0.05, 0.1) is 11.4 Å². The Morgan fingerprint density at radius 2 is 2.15 bits per heavy atom. The highest BCUT2D eigenvalue weighted by atomic mass is 32.1. The van der Waals surface area contributed by atoms with E-state index in [1.807, 2.05) is 6.07 Å². The number of benzene rings is 1. The summed E-state index contributed by atoms with van der Waals surface area (Å²) in [4.78, 5) is 0. The van der Waals surface area contributed by atoms with Crippen LogP contribution in [0.4, 0.5) is 11.4 Å². The van der Waals surface area contributed by atoms with E-state index in [0.717, 1.165) is 12.1 Å². The molecule has 4 N–H and O–H groups in total. The molecule has 0 aliphatic carbocycles. The Kier molecular flexibility index (Phi) is 1.88. The number of rotatable bonds is 1. The van der Waals surface area contributed by atoms with Crippen molar-refractivity contribution in [2.45, 2.75) is 13.3 Å². The van der Waals surface area contributed by atoms with Gasteiger partial charge in [0.15, 0.2) is 0 Å². The van der Waals surface area contributed by atoms with E-state index in [1.54, 1.807) is 11.3 Å². The number of aryl methyl sites for hydroxylation is 1. The molecule has 0 saturated heterocycles. The van der Waals surface area contributed by atoms with Gasteiger partial charge < -0.3 is 11.5 Å². The third-order valence-electron chi connectivity index (χ3n) is 2.27. The summed E-state index contributed by atoms with van der Waals surface area (Å²) in [5, 5.41) is 3.27. The second kappa shape index (κ2) is 2.92. The highest BCUT2D eigenvalue weighted by molar-refractivity contribution is 7.17. The lowest BCUT2D eigenvalue weighted by Gasteiger charge is -2.07. The van der Waals surface area contributed by atoms with Crippen molar-refractivity contribution in [3.8, 4) is 0 Å². The summed E-state index contributed by atoms with van der Waals surface area (Å²) in [6.07, 6.45) is 0.938. The van der Waals surface area contributed by atoms with Gasteiger partial charge in [-0.25, -0.2) is 0 Å². The van der Waals surface area contributed by atoms with Crippen LogP contribution in [0.15, 0.2) is 17.5 Å². The van der Waals surface area contributed by atoms with Crippen molar-refractivity contribution in [1.82, 2.24) is 0 Å². The van der Waals surface area contributed by atoms with Gasteiger partial charge in [-0.2, -0.15) is 0 Å². The Bertz CT molecular complexity index is 445. The van der Waals surface area contributed by atoms with Crippen LogP contribution in [0.3, 0.4) is 0 Å². The first-order chi connectivity index (χ1) is 6.24. The van der Waals surface area contributed by atoms with Crippen LogP contribution < -0.4 is 11.5 Å². The van der Waals surface area contributed by atoms with Gasteiger partial charge in [0.25, 0.3) is 0 Å². The van der Waals surface area contributed by atoms with Crippen LogP contribution >= 0.6 is 11.3 Å². The molecule has 3 heteroatoms. The molecule has 2 aromatic rings. The smallest absolute Gasteiger partial charge is 0.0594 e. The van der Waals surface area contributed by atoms with Crippen molar-refractivity contribution in [3.05, 3.63) is 23.1 Å². The van der Waals surface area contributed by atoms with Crippen molar-refractivity contribution in [2.75, 3.05) is 11.5 Å². The van der Waals surface area contributed by atoms with Crippen LogP contribution in [0.25, 0.3) is 10.1 Å². The number of thiophene rings is 1. The van der Waals surface area contributed by atoms with Gasteiger partial charge in [-0.1, -0.05) is 6.92 Å². The number of anilines is 2.